The average molecular weight is 286 g/mol. The molecule has 0 amide bonds. The van der Waals surface area contributed by atoms with E-state index in [1.54, 1.807) is 0 Å². The third kappa shape index (κ3) is 2.45. The number of nitrogens with one attached hydrogen (secondary N) is 1. The molecule has 1 heterocycles. The van der Waals surface area contributed by atoms with Crippen molar-refractivity contribution >= 4 is 27.3 Å². The number of rotatable bonds is 5. The molecule has 2 saturated carbocycles. The van der Waals surface area contributed by atoms with Crippen LogP contribution in [0.5, 0.6) is 0 Å². The molecule has 3 rings (SSSR count). The van der Waals surface area contributed by atoms with E-state index in [0.29, 0.717) is 5.41 Å². The number of halogens is 1. The summed E-state index contributed by atoms with van der Waals surface area (Å²) in [6, 6.07) is 3.03. The van der Waals surface area contributed by atoms with Crippen LogP contribution in [0.2, 0.25) is 0 Å². The minimum Gasteiger partial charge on any atom is -0.313 e. The molecule has 0 spiro atoms. The van der Waals surface area contributed by atoms with Crippen LogP contribution >= 0.6 is 27.3 Å². The fraction of sp³-hybridized carbons (Fsp3) is 0.667. The molecule has 2 fully saturated rings. The van der Waals surface area contributed by atoms with Gasteiger partial charge in [0, 0.05) is 21.9 Å². The first kappa shape index (κ1) is 10.3. The molecule has 2 aliphatic carbocycles. The maximum Gasteiger partial charge on any atom is 0.0314 e. The lowest BCUT2D eigenvalue weighted by Crippen LogP contribution is -2.27. The fourth-order valence-electron chi connectivity index (χ4n) is 2.03. The van der Waals surface area contributed by atoms with Gasteiger partial charge >= 0.3 is 0 Å². The second-order valence-electron chi connectivity index (χ2n) is 5.02. The molecule has 15 heavy (non-hydrogen) atoms. The van der Waals surface area contributed by atoms with Gasteiger partial charge in [-0.15, -0.1) is 11.3 Å². The lowest BCUT2D eigenvalue weighted by Gasteiger charge is -2.15. The van der Waals surface area contributed by atoms with Crippen molar-refractivity contribution in [3.05, 3.63) is 20.8 Å². The molecule has 82 valence electrons. The average Bonchev–Trinajstić information content (AvgIpc) is 3.10. The molecule has 0 unspecified atom stereocenters. The Balaban J connectivity index is 1.59. The van der Waals surface area contributed by atoms with E-state index in [4.69, 9.17) is 0 Å². The minimum atomic E-state index is 0.607. The molecule has 0 radical (unpaired) electrons. The lowest BCUT2D eigenvalue weighted by molar-refractivity contribution is 0.456. The third-order valence-electron chi connectivity index (χ3n) is 3.53. The van der Waals surface area contributed by atoms with Crippen LogP contribution < -0.4 is 5.32 Å². The fourth-order valence-corrected chi connectivity index (χ4v) is 3.70. The van der Waals surface area contributed by atoms with E-state index in [0.717, 1.165) is 6.04 Å². The first-order valence-corrected chi connectivity index (χ1v) is 7.40. The summed E-state index contributed by atoms with van der Waals surface area (Å²) in [5.41, 5.74) is 0.607. The Bertz CT molecular complexity index is 352. The van der Waals surface area contributed by atoms with Gasteiger partial charge in [0.15, 0.2) is 0 Å². The zero-order chi connectivity index (χ0) is 10.3. The van der Waals surface area contributed by atoms with Crippen molar-refractivity contribution in [3.63, 3.8) is 0 Å². The van der Waals surface area contributed by atoms with Crippen LogP contribution in [0.15, 0.2) is 15.9 Å². The van der Waals surface area contributed by atoms with Crippen molar-refractivity contribution in [3.8, 4) is 0 Å². The summed E-state index contributed by atoms with van der Waals surface area (Å²) in [7, 11) is 0. The highest BCUT2D eigenvalue weighted by Crippen LogP contribution is 2.49. The van der Waals surface area contributed by atoms with Gasteiger partial charge in [-0.2, -0.15) is 0 Å². The third-order valence-corrected chi connectivity index (χ3v) is 5.45. The molecule has 2 aliphatic rings. The molecule has 0 bridgehead atoms. The SMILES string of the molecule is Brc1ccsc1CC1(CNC2CC2)CC1. The van der Waals surface area contributed by atoms with E-state index < -0.39 is 0 Å². The van der Waals surface area contributed by atoms with Gasteiger partial charge in [0.05, 0.1) is 0 Å². The van der Waals surface area contributed by atoms with Gasteiger partial charge in [-0.3, -0.25) is 0 Å². The van der Waals surface area contributed by atoms with E-state index in [2.05, 4.69) is 32.7 Å². The Labute approximate surface area is 103 Å². The second kappa shape index (κ2) is 3.86. The van der Waals surface area contributed by atoms with Gasteiger partial charge in [-0.1, -0.05) is 0 Å². The molecule has 0 atom stereocenters. The Kier molecular flexibility index (Phi) is 2.65. The van der Waals surface area contributed by atoms with Gasteiger partial charge in [0.1, 0.15) is 0 Å². The molecule has 0 aromatic carbocycles. The van der Waals surface area contributed by atoms with Gasteiger partial charge in [0.25, 0.3) is 0 Å². The first-order chi connectivity index (χ1) is 7.27. The minimum absolute atomic E-state index is 0.607. The highest BCUT2D eigenvalue weighted by molar-refractivity contribution is 9.10. The van der Waals surface area contributed by atoms with E-state index in [9.17, 15) is 0 Å². The maximum atomic E-state index is 3.68. The highest BCUT2D eigenvalue weighted by atomic mass is 79.9. The van der Waals surface area contributed by atoms with Crippen LogP contribution in [0.1, 0.15) is 30.6 Å². The standard InChI is InChI=1S/C12H16BrNS/c13-10-3-6-15-11(10)7-12(4-5-12)8-14-9-1-2-9/h3,6,9,14H,1-2,4-5,7-8H2. The maximum absolute atomic E-state index is 3.68. The summed E-state index contributed by atoms with van der Waals surface area (Å²) in [5, 5.41) is 5.86. The van der Waals surface area contributed by atoms with Crippen LogP contribution in [0.25, 0.3) is 0 Å². The molecular weight excluding hydrogens is 270 g/mol. The molecule has 0 aliphatic heterocycles. The van der Waals surface area contributed by atoms with Crippen molar-refractivity contribution in [2.24, 2.45) is 5.41 Å². The molecule has 0 saturated heterocycles. The van der Waals surface area contributed by atoms with Crippen LogP contribution in [0.4, 0.5) is 0 Å². The van der Waals surface area contributed by atoms with Crippen molar-refractivity contribution in [2.75, 3.05) is 6.54 Å². The summed E-state index contributed by atoms with van der Waals surface area (Å²) in [6.45, 7) is 1.24. The van der Waals surface area contributed by atoms with Crippen molar-refractivity contribution in [1.29, 1.82) is 0 Å². The largest absolute Gasteiger partial charge is 0.313 e. The molecule has 1 aromatic rings. The summed E-state index contributed by atoms with van der Waals surface area (Å²) < 4.78 is 1.31. The van der Waals surface area contributed by atoms with Crippen molar-refractivity contribution in [2.45, 2.75) is 38.1 Å². The summed E-state index contributed by atoms with van der Waals surface area (Å²) >= 11 is 5.52. The predicted molar refractivity (Wildman–Crippen MR) is 68.4 cm³/mol. The number of thiophene rings is 1. The van der Waals surface area contributed by atoms with Crippen molar-refractivity contribution < 1.29 is 0 Å². The monoisotopic (exact) mass is 285 g/mol. The topological polar surface area (TPSA) is 12.0 Å². The lowest BCUT2D eigenvalue weighted by atomic mass is 10.0. The Morgan fingerprint density at radius 2 is 2.27 bits per heavy atom. The smallest absolute Gasteiger partial charge is 0.0314 e. The van der Waals surface area contributed by atoms with Gasteiger partial charge < -0.3 is 5.32 Å². The van der Waals surface area contributed by atoms with Gasteiger partial charge in [-0.25, -0.2) is 0 Å². The Morgan fingerprint density at radius 1 is 1.47 bits per heavy atom. The summed E-state index contributed by atoms with van der Waals surface area (Å²) in [5.74, 6) is 0. The summed E-state index contributed by atoms with van der Waals surface area (Å²) in [4.78, 5) is 1.53. The Morgan fingerprint density at radius 3 is 2.80 bits per heavy atom. The van der Waals surface area contributed by atoms with Crippen molar-refractivity contribution in [1.82, 2.24) is 5.32 Å². The van der Waals surface area contributed by atoms with Crippen LogP contribution in [-0.4, -0.2) is 12.6 Å². The zero-order valence-corrected chi connectivity index (χ0v) is 11.2. The molecule has 1 aromatic heterocycles. The normalized spacial score (nSPS) is 23.0. The zero-order valence-electron chi connectivity index (χ0n) is 8.76. The van der Waals surface area contributed by atoms with E-state index >= 15 is 0 Å². The van der Waals surface area contributed by atoms with Crippen LogP contribution in [-0.2, 0) is 6.42 Å². The Hall–Kier alpha value is 0.140. The molecule has 1 N–H and O–H groups in total. The van der Waals surface area contributed by atoms with E-state index in [1.807, 2.05) is 11.3 Å². The van der Waals surface area contributed by atoms with Crippen LogP contribution in [0.3, 0.4) is 0 Å². The van der Waals surface area contributed by atoms with Crippen LogP contribution in [0, 0.1) is 5.41 Å². The second-order valence-corrected chi connectivity index (χ2v) is 6.88. The highest BCUT2D eigenvalue weighted by Gasteiger charge is 2.43. The predicted octanol–water partition coefficient (Wildman–Crippen LogP) is 3.59. The number of hydrogen-bond donors (Lipinski definition) is 1. The molecule has 3 heteroatoms. The van der Waals surface area contributed by atoms with Gasteiger partial charge in [0.2, 0.25) is 0 Å². The summed E-state index contributed by atoms with van der Waals surface area (Å²) in [6.07, 6.45) is 6.90. The quantitative estimate of drug-likeness (QED) is 0.872. The number of hydrogen-bond acceptors (Lipinski definition) is 2. The molecule has 1 nitrogen and oxygen atoms in total. The van der Waals surface area contributed by atoms with E-state index in [1.165, 1.54) is 48.0 Å². The van der Waals surface area contributed by atoms with E-state index in [-0.39, 0.29) is 0 Å². The first-order valence-electron chi connectivity index (χ1n) is 5.73. The molecular formula is C12H16BrNS. The van der Waals surface area contributed by atoms with Gasteiger partial charge in [-0.05, 0) is 64.9 Å².